The summed E-state index contributed by atoms with van der Waals surface area (Å²) in [5.41, 5.74) is 1.92. The molecule has 0 aliphatic carbocycles. The van der Waals surface area contributed by atoms with Gasteiger partial charge in [0.25, 0.3) is 5.91 Å². The number of aryl methyl sites for hydroxylation is 2. The van der Waals surface area contributed by atoms with Crippen molar-refractivity contribution in [3.8, 4) is 0 Å². The molecule has 1 unspecified atom stereocenters. The van der Waals surface area contributed by atoms with E-state index < -0.39 is 12.1 Å². The van der Waals surface area contributed by atoms with E-state index in [1.807, 2.05) is 6.92 Å². The van der Waals surface area contributed by atoms with Gasteiger partial charge in [0, 0.05) is 25.2 Å². The Balaban J connectivity index is 1.90. The molecule has 1 aliphatic rings. The van der Waals surface area contributed by atoms with E-state index >= 15 is 0 Å². The number of ether oxygens (including phenoxy) is 1. The summed E-state index contributed by atoms with van der Waals surface area (Å²) in [4.78, 5) is 29.6. The first-order valence-electron chi connectivity index (χ1n) is 7.33. The van der Waals surface area contributed by atoms with Gasteiger partial charge in [0.2, 0.25) is 0 Å². The van der Waals surface area contributed by atoms with Crippen LogP contribution in [0.3, 0.4) is 0 Å². The number of carbonyl (C=O) groups is 2. The first-order valence-corrected chi connectivity index (χ1v) is 7.33. The van der Waals surface area contributed by atoms with Gasteiger partial charge in [-0.25, -0.2) is 9.78 Å². The fourth-order valence-electron chi connectivity index (χ4n) is 2.86. The molecule has 0 bridgehead atoms. The average Bonchev–Trinajstić information content (AvgIpc) is 2.80. The second-order valence-corrected chi connectivity index (χ2v) is 5.79. The van der Waals surface area contributed by atoms with Crippen molar-refractivity contribution in [3.63, 3.8) is 0 Å². The average molecular weight is 318 g/mol. The van der Waals surface area contributed by atoms with Gasteiger partial charge in [-0.1, -0.05) is 0 Å². The highest BCUT2D eigenvalue weighted by molar-refractivity contribution is 5.97. The predicted octanol–water partition coefficient (Wildman–Crippen LogP) is 0.591. The molecule has 3 heterocycles. The van der Waals surface area contributed by atoms with Gasteiger partial charge in [-0.05, 0) is 19.9 Å². The molecule has 0 radical (unpaired) electrons. The summed E-state index contributed by atoms with van der Waals surface area (Å²) in [5.74, 6) is -1.31. The minimum Gasteiger partial charge on any atom is -0.479 e. The number of hydrogen-bond donors (Lipinski definition) is 1. The Morgan fingerprint density at radius 1 is 1.39 bits per heavy atom. The Labute approximate surface area is 132 Å². The smallest absolute Gasteiger partial charge is 0.334 e. The summed E-state index contributed by atoms with van der Waals surface area (Å²) >= 11 is 0. The molecule has 2 aromatic heterocycles. The lowest BCUT2D eigenvalue weighted by Crippen LogP contribution is -2.51. The summed E-state index contributed by atoms with van der Waals surface area (Å²) in [5, 5.41) is 14.2. The summed E-state index contributed by atoms with van der Waals surface area (Å²) in [6.45, 7) is 3.99. The van der Waals surface area contributed by atoms with Crippen LogP contribution in [0.15, 0.2) is 12.3 Å². The Morgan fingerprint density at radius 3 is 2.83 bits per heavy atom. The number of amides is 1. The minimum absolute atomic E-state index is 0.0303. The Kier molecular flexibility index (Phi) is 3.77. The third-order valence-corrected chi connectivity index (χ3v) is 3.93. The topological polar surface area (TPSA) is 97.6 Å². The zero-order chi connectivity index (χ0) is 16.7. The van der Waals surface area contributed by atoms with Crippen molar-refractivity contribution in [1.29, 1.82) is 0 Å². The third kappa shape index (κ3) is 2.77. The minimum atomic E-state index is -1.06. The lowest BCUT2D eigenvalue weighted by molar-refractivity contribution is -0.160. The molecule has 1 N–H and O–H groups in total. The van der Waals surface area contributed by atoms with Gasteiger partial charge in [-0.15, -0.1) is 0 Å². The molecule has 2 atom stereocenters. The molecule has 2 aromatic rings. The molecule has 1 fully saturated rings. The van der Waals surface area contributed by atoms with E-state index in [1.165, 1.54) is 11.1 Å². The lowest BCUT2D eigenvalue weighted by atomic mass is 10.1. The Bertz CT molecular complexity index is 785. The molecular formula is C15H18N4O4. The third-order valence-electron chi connectivity index (χ3n) is 3.93. The van der Waals surface area contributed by atoms with E-state index in [-0.39, 0.29) is 18.6 Å². The van der Waals surface area contributed by atoms with Crippen LogP contribution >= 0.6 is 0 Å². The number of aliphatic carboxylic acids is 1. The molecular weight excluding hydrogens is 300 g/mol. The quantitative estimate of drug-likeness (QED) is 0.870. The molecule has 0 spiro atoms. The zero-order valence-electron chi connectivity index (χ0n) is 13.2. The highest BCUT2D eigenvalue weighted by atomic mass is 16.5. The van der Waals surface area contributed by atoms with E-state index in [1.54, 1.807) is 24.7 Å². The van der Waals surface area contributed by atoms with Gasteiger partial charge in [0.15, 0.2) is 11.8 Å². The fourth-order valence-corrected chi connectivity index (χ4v) is 2.86. The van der Waals surface area contributed by atoms with Crippen LogP contribution in [0.1, 0.15) is 23.0 Å². The van der Waals surface area contributed by atoms with Crippen molar-refractivity contribution >= 4 is 22.9 Å². The highest BCUT2D eigenvalue weighted by Gasteiger charge is 2.33. The number of carboxylic acids is 1. The first-order chi connectivity index (χ1) is 10.9. The second kappa shape index (κ2) is 5.62. The monoisotopic (exact) mass is 318 g/mol. The van der Waals surface area contributed by atoms with Gasteiger partial charge >= 0.3 is 5.97 Å². The second-order valence-electron chi connectivity index (χ2n) is 5.79. The Hall–Kier alpha value is -2.48. The van der Waals surface area contributed by atoms with E-state index in [9.17, 15) is 9.59 Å². The van der Waals surface area contributed by atoms with Crippen molar-refractivity contribution in [2.45, 2.75) is 26.1 Å². The number of morpholine rings is 1. The van der Waals surface area contributed by atoms with E-state index in [4.69, 9.17) is 9.84 Å². The van der Waals surface area contributed by atoms with Gasteiger partial charge in [0.05, 0.1) is 23.9 Å². The van der Waals surface area contributed by atoms with Crippen LogP contribution in [0.2, 0.25) is 0 Å². The summed E-state index contributed by atoms with van der Waals surface area (Å²) in [6, 6.07) is 1.75. The number of nitrogens with zero attached hydrogens (tertiary/aromatic N) is 4. The van der Waals surface area contributed by atoms with Crippen molar-refractivity contribution in [3.05, 3.63) is 23.5 Å². The summed E-state index contributed by atoms with van der Waals surface area (Å²) in [7, 11) is 1.80. The predicted molar refractivity (Wildman–Crippen MR) is 81.1 cm³/mol. The maximum atomic E-state index is 12.7. The molecule has 1 aliphatic heterocycles. The number of carboxylic acid groups (broad SMARTS) is 1. The van der Waals surface area contributed by atoms with Crippen molar-refractivity contribution < 1.29 is 19.4 Å². The molecule has 8 heteroatoms. The van der Waals surface area contributed by atoms with Crippen molar-refractivity contribution in [1.82, 2.24) is 19.7 Å². The number of rotatable bonds is 2. The molecule has 1 amide bonds. The van der Waals surface area contributed by atoms with Crippen LogP contribution < -0.4 is 0 Å². The molecule has 8 nitrogen and oxygen atoms in total. The van der Waals surface area contributed by atoms with Crippen LogP contribution in [0, 0.1) is 6.92 Å². The normalized spacial score (nSPS) is 21.6. The van der Waals surface area contributed by atoms with Gasteiger partial charge in [0.1, 0.15) is 0 Å². The number of carbonyl (C=O) groups excluding carboxylic acids is 1. The van der Waals surface area contributed by atoms with Crippen molar-refractivity contribution in [2.75, 3.05) is 13.1 Å². The van der Waals surface area contributed by atoms with Crippen LogP contribution in [0.5, 0.6) is 0 Å². The zero-order valence-corrected chi connectivity index (χ0v) is 13.2. The Morgan fingerprint density at radius 2 is 2.13 bits per heavy atom. The molecule has 3 rings (SSSR count). The largest absolute Gasteiger partial charge is 0.479 e. The first kappa shape index (κ1) is 15.4. The number of hydrogen-bond acceptors (Lipinski definition) is 5. The van der Waals surface area contributed by atoms with E-state index in [0.29, 0.717) is 17.8 Å². The van der Waals surface area contributed by atoms with E-state index in [0.717, 1.165) is 11.1 Å². The summed E-state index contributed by atoms with van der Waals surface area (Å²) < 4.78 is 7.00. The molecule has 0 aromatic carbocycles. The molecule has 1 saturated heterocycles. The SMILES string of the molecule is Cc1nn(C)c2ncc(C(=O)N3CC(C(=O)O)O[C@H](C)C3)cc12. The van der Waals surface area contributed by atoms with Crippen molar-refractivity contribution in [2.24, 2.45) is 7.05 Å². The van der Waals surface area contributed by atoms with Crippen LogP contribution in [0.4, 0.5) is 0 Å². The molecule has 122 valence electrons. The highest BCUT2D eigenvalue weighted by Crippen LogP contribution is 2.19. The number of aromatic nitrogens is 3. The summed E-state index contributed by atoms with van der Waals surface area (Å²) in [6.07, 6.45) is 0.173. The number of fused-ring (bicyclic) bond motifs is 1. The molecule has 0 saturated carbocycles. The van der Waals surface area contributed by atoms with Gasteiger partial charge in [-0.2, -0.15) is 5.10 Å². The van der Waals surface area contributed by atoms with Crippen LogP contribution in [0.25, 0.3) is 11.0 Å². The standard InChI is InChI=1S/C15H18N4O4/c1-8-6-19(7-12(23-8)15(21)22)14(20)10-4-11-9(2)17-18(3)13(11)16-5-10/h4-5,8,12H,6-7H2,1-3H3,(H,21,22)/t8-,12?/m1/s1. The van der Waals surface area contributed by atoms with Crippen LogP contribution in [-0.2, 0) is 16.6 Å². The van der Waals surface area contributed by atoms with Gasteiger partial charge in [-0.3, -0.25) is 9.48 Å². The lowest BCUT2D eigenvalue weighted by Gasteiger charge is -2.34. The van der Waals surface area contributed by atoms with Crippen LogP contribution in [-0.4, -0.2) is 61.9 Å². The maximum Gasteiger partial charge on any atom is 0.334 e. The molecule has 23 heavy (non-hydrogen) atoms. The maximum absolute atomic E-state index is 12.7. The van der Waals surface area contributed by atoms with E-state index in [2.05, 4.69) is 10.1 Å². The van der Waals surface area contributed by atoms with Gasteiger partial charge < -0.3 is 14.7 Å². The fraction of sp³-hybridized carbons (Fsp3) is 0.467. The number of pyridine rings is 1.